The molecule has 0 spiro atoms. The largest absolute Gasteiger partial charge is 0.455 e. The Balaban J connectivity index is 2.12. The summed E-state index contributed by atoms with van der Waals surface area (Å²) in [5.41, 5.74) is 12.0. The van der Waals surface area contributed by atoms with Gasteiger partial charge < -0.3 is 9.47 Å². The Bertz CT molecular complexity index is 805. The van der Waals surface area contributed by atoms with Gasteiger partial charge in [0.25, 0.3) is 6.29 Å². The molecule has 1 aliphatic heterocycles. The number of azide groups is 1. The molecule has 1 heterocycles. The zero-order valence-electron chi connectivity index (χ0n) is 12.4. The smallest absolute Gasteiger partial charge is 0.269 e. The third kappa shape index (κ3) is 2.98. The molecule has 2 aromatic carbocycles. The van der Waals surface area contributed by atoms with Gasteiger partial charge in [-0.3, -0.25) is 0 Å². The van der Waals surface area contributed by atoms with Gasteiger partial charge in [0, 0.05) is 4.91 Å². The van der Waals surface area contributed by atoms with Crippen LogP contribution in [-0.2, 0) is 16.0 Å². The van der Waals surface area contributed by atoms with Crippen molar-refractivity contribution in [2.24, 2.45) is 5.11 Å². The molecule has 3 rings (SSSR count). The van der Waals surface area contributed by atoms with Crippen LogP contribution in [0.1, 0.15) is 23.0 Å². The van der Waals surface area contributed by atoms with Gasteiger partial charge in [0.1, 0.15) is 18.3 Å². The van der Waals surface area contributed by atoms with Crippen LogP contribution in [0.3, 0.4) is 0 Å². The second-order valence-corrected chi connectivity index (χ2v) is 5.11. The Morgan fingerprint density at radius 3 is 2.65 bits per heavy atom. The average molecular weight is 311 g/mol. The maximum absolute atomic E-state index is 14.7. The number of ether oxygens (including phenoxy) is 2. The van der Waals surface area contributed by atoms with Crippen LogP contribution in [0.15, 0.2) is 54.0 Å². The molecule has 0 amide bonds. The first-order chi connectivity index (χ1) is 11.2. The lowest BCUT2D eigenvalue weighted by atomic mass is 9.95. The molecule has 23 heavy (non-hydrogen) atoms. The summed E-state index contributed by atoms with van der Waals surface area (Å²) in [5, 5.41) is 3.55. The van der Waals surface area contributed by atoms with Gasteiger partial charge in [-0.15, -0.1) is 0 Å². The SMILES string of the molecule is Cc1ccccc1-c1cc(F)c(C2OC=CO2)c(CN=[N+]=[N-])c1. The van der Waals surface area contributed by atoms with Crippen molar-refractivity contribution < 1.29 is 13.9 Å². The van der Waals surface area contributed by atoms with Crippen molar-refractivity contribution in [3.63, 3.8) is 0 Å². The molecule has 116 valence electrons. The van der Waals surface area contributed by atoms with E-state index in [1.165, 1.54) is 18.6 Å². The molecule has 0 fully saturated rings. The molecule has 0 atom stereocenters. The highest BCUT2D eigenvalue weighted by Crippen LogP contribution is 2.34. The molecular weight excluding hydrogens is 297 g/mol. The minimum absolute atomic E-state index is 0.0195. The number of nitrogens with zero attached hydrogens (tertiary/aromatic N) is 3. The van der Waals surface area contributed by atoms with E-state index in [9.17, 15) is 4.39 Å². The summed E-state index contributed by atoms with van der Waals surface area (Å²) < 4.78 is 25.1. The summed E-state index contributed by atoms with van der Waals surface area (Å²) in [6, 6.07) is 11.0. The summed E-state index contributed by atoms with van der Waals surface area (Å²) in [6.45, 7) is 1.98. The number of aryl methyl sites for hydroxylation is 1. The van der Waals surface area contributed by atoms with Gasteiger partial charge in [-0.05, 0) is 40.8 Å². The number of hydrogen-bond acceptors (Lipinski definition) is 3. The third-order valence-electron chi connectivity index (χ3n) is 3.67. The van der Waals surface area contributed by atoms with Crippen molar-refractivity contribution in [2.45, 2.75) is 19.8 Å². The van der Waals surface area contributed by atoms with Crippen molar-refractivity contribution in [2.75, 3.05) is 0 Å². The van der Waals surface area contributed by atoms with E-state index in [1.54, 1.807) is 6.07 Å². The quantitative estimate of drug-likeness (QED) is 0.446. The Labute approximate surface area is 132 Å². The minimum atomic E-state index is -0.857. The third-order valence-corrected chi connectivity index (χ3v) is 3.67. The monoisotopic (exact) mass is 311 g/mol. The fourth-order valence-corrected chi connectivity index (χ4v) is 2.60. The maximum Gasteiger partial charge on any atom is 0.269 e. The highest BCUT2D eigenvalue weighted by atomic mass is 19.1. The maximum atomic E-state index is 14.7. The Morgan fingerprint density at radius 2 is 1.96 bits per heavy atom. The number of halogens is 1. The van der Waals surface area contributed by atoms with E-state index in [4.69, 9.17) is 15.0 Å². The molecule has 0 unspecified atom stereocenters. The van der Waals surface area contributed by atoms with Gasteiger partial charge in [0.2, 0.25) is 0 Å². The van der Waals surface area contributed by atoms with E-state index in [0.29, 0.717) is 5.56 Å². The van der Waals surface area contributed by atoms with Gasteiger partial charge in [-0.2, -0.15) is 0 Å². The van der Waals surface area contributed by atoms with Crippen LogP contribution >= 0.6 is 0 Å². The lowest BCUT2D eigenvalue weighted by Crippen LogP contribution is -2.06. The Kier molecular flexibility index (Phi) is 4.17. The molecule has 0 aliphatic carbocycles. The second-order valence-electron chi connectivity index (χ2n) is 5.11. The minimum Gasteiger partial charge on any atom is -0.455 e. The molecule has 5 nitrogen and oxygen atoms in total. The molecule has 0 saturated heterocycles. The average Bonchev–Trinajstić information content (AvgIpc) is 3.06. The molecule has 6 heteroatoms. The van der Waals surface area contributed by atoms with Crippen molar-refractivity contribution in [1.29, 1.82) is 0 Å². The Hall–Kier alpha value is -2.98. The molecule has 0 aromatic heterocycles. The Morgan fingerprint density at radius 1 is 1.22 bits per heavy atom. The fourth-order valence-electron chi connectivity index (χ4n) is 2.60. The van der Waals surface area contributed by atoms with Gasteiger partial charge in [-0.25, -0.2) is 4.39 Å². The first-order valence-electron chi connectivity index (χ1n) is 7.06. The van der Waals surface area contributed by atoms with Crippen molar-refractivity contribution in [3.05, 3.63) is 81.9 Å². The summed E-state index contributed by atoms with van der Waals surface area (Å²) >= 11 is 0. The van der Waals surface area contributed by atoms with Crippen LogP contribution in [0.25, 0.3) is 21.6 Å². The van der Waals surface area contributed by atoms with Gasteiger partial charge >= 0.3 is 0 Å². The highest BCUT2D eigenvalue weighted by Gasteiger charge is 2.24. The standard InChI is InChI=1S/C17H14FN3O2/c1-11-4-2-3-5-14(11)12-8-13(10-20-21-19)16(15(18)9-12)17-22-6-7-23-17/h2-9,17H,10H2,1H3. The predicted octanol–water partition coefficient (Wildman–Crippen LogP) is 5.13. The van der Waals surface area contributed by atoms with Crippen LogP contribution in [0, 0.1) is 12.7 Å². The molecule has 0 N–H and O–H groups in total. The van der Waals surface area contributed by atoms with E-state index in [0.717, 1.165) is 16.7 Å². The summed E-state index contributed by atoms with van der Waals surface area (Å²) in [7, 11) is 0. The van der Waals surface area contributed by atoms with Gasteiger partial charge in [-0.1, -0.05) is 35.4 Å². The fraction of sp³-hybridized carbons (Fsp3) is 0.176. The molecule has 0 radical (unpaired) electrons. The molecule has 0 saturated carbocycles. The van der Waals surface area contributed by atoms with E-state index < -0.39 is 12.1 Å². The van der Waals surface area contributed by atoms with E-state index >= 15 is 0 Å². The topological polar surface area (TPSA) is 67.2 Å². The molecular formula is C17H14FN3O2. The number of rotatable bonds is 4. The normalized spacial score (nSPS) is 13.3. The molecule has 1 aliphatic rings. The highest BCUT2D eigenvalue weighted by molar-refractivity contribution is 5.68. The van der Waals surface area contributed by atoms with E-state index in [-0.39, 0.29) is 12.1 Å². The summed E-state index contributed by atoms with van der Waals surface area (Å²) in [6.07, 6.45) is 1.86. The van der Waals surface area contributed by atoms with E-state index in [1.807, 2.05) is 31.2 Å². The van der Waals surface area contributed by atoms with E-state index in [2.05, 4.69) is 10.0 Å². The van der Waals surface area contributed by atoms with Crippen molar-refractivity contribution >= 4 is 0 Å². The zero-order chi connectivity index (χ0) is 16.2. The molecule has 0 bridgehead atoms. The second kappa shape index (κ2) is 6.42. The van der Waals surface area contributed by atoms with Gasteiger partial charge in [0.05, 0.1) is 12.1 Å². The lowest BCUT2D eigenvalue weighted by Gasteiger charge is -2.17. The van der Waals surface area contributed by atoms with Crippen molar-refractivity contribution in [3.8, 4) is 11.1 Å². The number of hydrogen-bond donors (Lipinski definition) is 0. The van der Waals surface area contributed by atoms with Crippen LogP contribution < -0.4 is 0 Å². The summed E-state index contributed by atoms with van der Waals surface area (Å²) in [5.74, 6) is -0.456. The van der Waals surface area contributed by atoms with Crippen LogP contribution in [0.4, 0.5) is 4.39 Å². The molecule has 2 aromatic rings. The lowest BCUT2D eigenvalue weighted by molar-refractivity contribution is -0.0277. The zero-order valence-corrected chi connectivity index (χ0v) is 12.4. The number of benzene rings is 2. The van der Waals surface area contributed by atoms with Crippen LogP contribution in [0.5, 0.6) is 0 Å². The first-order valence-corrected chi connectivity index (χ1v) is 7.06. The first kappa shape index (κ1) is 14.9. The van der Waals surface area contributed by atoms with Crippen LogP contribution in [-0.4, -0.2) is 0 Å². The van der Waals surface area contributed by atoms with Gasteiger partial charge in [0.15, 0.2) is 0 Å². The predicted molar refractivity (Wildman–Crippen MR) is 83.5 cm³/mol. The summed E-state index contributed by atoms with van der Waals surface area (Å²) in [4.78, 5) is 2.75. The van der Waals surface area contributed by atoms with Crippen molar-refractivity contribution in [1.82, 2.24) is 0 Å². The van der Waals surface area contributed by atoms with Crippen LogP contribution in [0.2, 0.25) is 0 Å².